The first kappa shape index (κ1) is 18.1. The second-order valence-electron chi connectivity index (χ2n) is 2.86. The molecule has 0 nitrogen and oxygen atoms in total. The maximum Gasteiger partial charge on any atom is -0.0226 e. The summed E-state index contributed by atoms with van der Waals surface area (Å²) < 4.78 is 0. The van der Waals surface area contributed by atoms with Crippen molar-refractivity contribution in [2.75, 3.05) is 0 Å². The third kappa shape index (κ3) is 5.72. The average molecular weight is 296 g/mol. The van der Waals surface area contributed by atoms with Crippen LogP contribution in [0.5, 0.6) is 0 Å². The maximum absolute atomic E-state index is 2.17. The minimum Gasteiger partial charge on any atom is -0.147 e. The van der Waals surface area contributed by atoms with Crippen LogP contribution in [0, 0.1) is 0 Å². The third-order valence-corrected chi connectivity index (χ3v) is 3.08. The smallest absolute Gasteiger partial charge is 0.0226 e. The number of benzene rings is 2. The van der Waals surface area contributed by atoms with Gasteiger partial charge in [0, 0.05) is 0 Å². The Hall–Kier alpha value is -0.260. The zero-order chi connectivity index (χ0) is 8.93. The van der Waals surface area contributed by atoms with Crippen molar-refractivity contribution in [3.8, 4) is 0 Å². The van der Waals surface area contributed by atoms with E-state index in [1.54, 1.807) is 0 Å². The van der Waals surface area contributed by atoms with Crippen molar-refractivity contribution < 1.29 is 0 Å². The maximum atomic E-state index is 2.17. The Bertz CT molecular complexity index is 327. The second-order valence-corrected chi connectivity index (χ2v) is 4.26. The summed E-state index contributed by atoms with van der Waals surface area (Å²) in [6.07, 6.45) is 0. The molecule has 0 aliphatic rings. The fraction of sp³-hybridized carbons (Fsp3) is 0. The monoisotopic (exact) mass is 294 g/mol. The summed E-state index contributed by atoms with van der Waals surface area (Å²) in [5.41, 5.74) is 0. The van der Waals surface area contributed by atoms with Crippen LogP contribution in [0.4, 0.5) is 0 Å². The number of rotatable bonds is 2. The van der Waals surface area contributed by atoms with Gasteiger partial charge in [-0.05, 0) is 10.6 Å². The van der Waals surface area contributed by atoms with Gasteiger partial charge in [-0.1, -0.05) is 69.2 Å². The lowest BCUT2D eigenvalue weighted by atomic mass is 10.4. The van der Waals surface area contributed by atoms with Crippen LogP contribution in [-0.4, -0.2) is 0 Å². The molecule has 0 amide bonds. The first-order valence-corrected chi connectivity index (χ1v) is 5.32. The molecule has 88 valence electrons. The fourth-order valence-corrected chi connectivity index (χ4v) is 2.26. The molecule has 0 heterocycles. The van der Waals surface area contributed by atoms with E-state index in [4.69, 9.17) is 0 Å². The molecule has 16 heavy (non-hydrogen) atoms. The summed E-state index contributed by atoms with van der Waals surface area (Å²) >= 11 is 0. The summed E-state index contributed by atoms with van der Waals surface area (Å²) in [7, 11) is 0.777. The molecule has 0 saturated carbocycles. The lowest BCUT2D eigenvalue weighted by Gasteiger charge is -2.00. The van der Waals surface area contributed by atoms with Gasteiger partial charge in [-0.3, -0.25) is 0 Å². The zero-order valence-corrected chi connectivity index (χ0v) is 11.9. The van der Waals surface area contributed by atoms with E-state index in [1.807, 2.05) is 0 Å². The van der Waals surface area contributed by atoms with Crippen LogP contribution in [0.1, 0.15) is 0 Å². The Morgan fingerprint density at radius 1 is 0.500 bits per heavy atom. The highest BCUT2D eigenvalue weighted by Gasteiger charge is 1.92. The molecule has 0 fully saturated rings. The highest BCUT2D eigenvalue weighted by atomic mass is 35.5. The van der Waals surface area contributed by atoms with Crippen LogP contribution < -0.4 is 10.6 Å². The molecule has 0 spiro atoms. The van der Waals surface area contributed by atoms with Gasteiger partial charge >= 0.3 is 0 Å². The molecule has 0 N–H and O–H groups in total. The molecule has 0 aromatic heterocycles. The van der Waals surface area contributed by atoms with Crippen molar-refractivity contribution in [3.63, 3.8) is 0 Å². The van der Waals surface area contributed by atoms with Crippen LogP contribution in [0.3, 0.4) is 0 Å². The van der Waals surface area contributed by atoms with Gasteiger partial charge in [0.05, 0.1) is 0 Å². The highest BCUT2D eigenvalue weighted by molar-refractivity contribution is 7.55. The van der Waals surface area contributed by atoms with E-state index in [9.17, 15) is 0 Å². The molecule has 2 aromatic rings. The average Bonchev–Trinajstić information content (AvgIpc) is 2.21. The van der Waals surface area contributed by atoms with Gasteiger partial charge in [0.1, 0.15) is 0 Å². The lowest BCUT2D eigenvalue weighted by Crippen LogP contribution is -2.01. The van der Waals surface area contributed by atoms with Crippen molar-refractivity contribution >= 4 is 56.4 Å². The standard InChI is InChI=1S/C12H11P.3ClH/c1-3-7-11(8-4-1)13-12-9-5-2-6-10-12;;;/h1-10,13H;3*1H. The Labute approximate surface area is 117 Å². The molecule has 4 heteroatoms. The van der Waals surface area contributed by atoms with Gasteiger partial charge in [-0.15, -0.1) is 37.2 Å². The molecule has 2 rings (SSSR count). The van der Waals surface area contributed by atoms with Crippen molar-refractivity contribution in [2.24, 2.45) is 0 Å². The van der Waals surface area contributed by atoms with Crippen molar-refractivity contribution in [2.45, 2.75) is 0 Å². The van der Waals surface area contributed by atoms with Crippen molar-refractivity contribution in [3.05, 3.63) is 60.7 Å². The van der Waals surface area contributed by atoms with Crippen molar-refractivity contribution in [1.29, 1.82) is 0 Å². The minimum atomic E-state index is 0. The Morgan fingerprint density at radius 3 is 1.12 bits per heavy atom. The van der Waals surface area contributed by atoms with E-state index < -0.39 is 0 Å². The van der Waals surface area contributed by atoms with E-state index in [1.165, 1.54) is 10.6 Å². The number of hydrogen-bond acceptors (Lipinski definition) is 0. The molecule has 0 radical (unpaired) electrons. The normalized spacial score (nSPS) is 8.00. The molecule has 0 atom stereocenters. The van der Waals surface area contributed by atoms with Gasteiger partial charge in [0.25, 0.3) is 0 Å². The fourth-order valence-electron chi connectivity index (χ4n) is 1.21. The molecule has 0 aliphatic heterocycles. The Morgan fingerprint density at radius 2 is 0.812 bits per heavy atom. The van der Waals surface area contributed by atoms with Crippen LogP contribution in [0.15, 0.2) is 60.7 Å². The summed E-state index contributed by atoms with van der Waals surface area (Å²) in [6, 6.07) is 21.2. The summed E-state index contributed by atoms with van der Waals surface area (Å²) in [5, 5.41) is 2.79. The zero-order valence-electron chi connectivity index (χ0n) is 8.50. The number of hydrogen-bond donors (Lipinski definition) is 0. The lowest BCUT2D eigenvalue weighted by molar-refractivity contribution is 1.76. The van der Waals surface area contributed by atoms with Crippen LogP contribution in [-0.2, 0) is 0 Å². The van der Waals surface area contributed by atoms with E-state index in [0.717, 1.165) is 8.58 Å². The Kier molecular flexibility index (Phi) is 11.2. The molecule has 0 unspecified atom stereocenters. The second kappa shape index (κ2) is 9.93. The molecule has 0 bridgehead atoms. The van der Waals surface area contributed by atoms with Gasteiger partial charge in [0.15, 0.2) is 0 Å². The van der Waals surface area contributed by atoms with E-state index in [2.05, 4.69) is 60.7 Å². The van der Waals surface area contributed by atoms with Gasteiger partial charge in [-0.2, -0.15) is 0 Å². The van der Waals surface area contributed by atoms with Crippen LogP contribution in [0.25, 0.3) is 0 Å². The van der Waals surface area contributed by atoms with E-state index >= 15 is 0 Å². The molecular formula is C12H14Cl3P. The first-order valence-electron chi connectivity index (χ1n) is 4.32. The molecule has 0 saturated heterocycles. The van der Waals surface area contributed by atoms with Gasteiger partial charge in [-0.25, -0.2) is 0 Å². The predicted octanol–water partition coefficient (Wildman–Crippen LogP) is 3.58. The summed E-state index contributed by atoms with van der Waals surface area (Å²) in [5.74, 6) is 0. The summed E-state index contributed by atoms with van der Waals surface area (Å²) in [6.45, 7) is 0. The van der Waals surface area contributed by atoms with Gasteiger partial charge < -0.3 is 0 Å². The van der Waals surface area contributed by atoms with Gasteiger partial charge in [0.2, 0.25) is 0 Å². The SMILES string of the molecule is Cl.Cl.Cl.c1ccc(Pc2ccccc2)cc1. The quantitative estimate of drug-likeness (QED) is 0.743. The minimum absolute atomic E-state index is 0. The molecular weight excluding hydrogens is 281 g/mol. The van der Waals surface area contributed by atoms with E-state index in [-0.39, 0.29) is 37.2 Å². The Balaban J connectivity index is 0. The summed E-state index contributed by atoms with van der Waals surface area (Å²) in [4.78, 5) is 0. The highest BCUT2D eigenvalue weighted by Crippen LogP contribution is 2.08. The first-order chi connectivity index (χ1) is 6.45. The van der Waals surface area contributed by atoms with Crippen molar-refractivity contribution in [1.82, 2.24) is 0 Å². The topological polar surface area (TPSA) is 0 Å². The van der Waals surface area contributed by atoms with Crippen LogP contribution in [0.2, 0.25) is 0 Å². The predicted molar refractivity (Wildman–Crippen MR) is 82.2 cm³/mol. The third-order valence-electron chi connectivity index (χ3n) is 1.84. The van der Waals surface area contributed by atoms with Crippen LogP contribution >= 0.6 is 45.8 Å². The number of halogens is 3. The largest absolute Gasteiger partial charge is 0.147 e. The molecule has 0 aliphatic carbocycles. The molecule has 2 aromatic carbocycles. The van der Waals surface area contributed by atoms with E-state index in [0.29, 0.717) is 0 Å².